The Morgan fingerprint density at radius 1 is 1.52 bits per heavy atom. The van der Waals surface area contributed by atoms with E-state index in [1.165, 1.54) is 15.9 Å². The molecule has 114 valence electrons. The van der Waals surface area contributed by atoms with Gasteiger partial charge in [0.25, 0.3) is 5.56 Å². The number of nitrogens with zero attached hydrogens (tertiary/aromatic N) is 3. The van der Waals surface area contributed by atoms with E-state index in [0.717, 1.165) is 37.8 Å². The second-order valence-electron chi connectivity index (χ2n) is 5.58. The summed E-state index contributed by atoms with van der Waals surface area (Å²) in [7, 11) is 0. The zero-order valence-electron chi connectivity index (χ0n) is 12.1. The van der Waals surface area contributed by atoms with Gasteiger partial charge in [0.1, 0.15) is 0 Å². The van der Waals surface area contributed by atoms with Crippen molar-refractivity contribution >= 4 is 21.4 Å². The molecule has 2 aromatic heterocycles. The maximum atomic E-state index is 12.0. The summed E-state index contributed by atoms with van der Waals surface area (Å²) in [5.41, 5.74) is 0.692. The minimum Gasteiger partial charge on any atom is -0.393 e. The minimum atomic E-state index is -0.219. The summed E-state index contributed by atoms with van der Waals surface area (Å²) in [6.07, 6.45) is 4.55. The molecule has 6 nitrogen and oxygen atoms in total. The summed E-state index contributed by atoms with van der Waals surface area (Å²) in [5.74, 6) is 0.275. The second kappa shape index (κ2) is 6.11. The highest BCUT2D eigenvalue weighted by Crippen LogP contribution is 2.26. The largest absolute Gasteiger partial charge is 0.393 e. The van der Waals surface area contributed by atoms with Gasteiger partial charge in [-0.05, 0) is 19.3 Å². The lowest BCUT2D eigenvalue weighted by atomic mass is 10.1. The number of aromatic nitrogens is 3. The number of aryl methyl sites for hydroxylation is 1. The molecule has 0 aliphatic heterocycles. The molecule has 1 aliphatic rings. The van der Waals surface area contributed by atoms with Gasteiger partial charge >= 0.3 is 0 Å². The summed E-state index contributed by atoms with van der Waals surface area (Å²) in [4.78, 5) is 17.1. The van der Waals surface area contributed by atoms with Gasteiger partial charge in [-0.25, -0.2) is 4.98 Å². The Hall–Kier alpha value is -1.47. The highest BCUT2D eigenvalue weighted by atomic mass is 32.1. The van der Waals surface area contributed by atoms with Crippen LogP contribution in [0.4, 0.5) is 5.13 Å². The van der Waals surface area contributed by atoms with Gasteiger partial charge in [0.2, 0.25) is 10.1 Å². The lowest BCUT2D eigenvalue weighted by Gasteiger charge is -2.13. The molecule has 21 heavy (non-hydrogen) atoms. The molecule has 7 heteroatoms. The number of aliphatic hydroxyl groups is 1. The molecule has 2 unspecified atom stereocenters. The first kappa shape index (κ1) is 14.5. The number of hydrogen-bond acceptors (Lipinski definition) is 6. The third-order valence-corrected chi connectivity index (χ3v) is 4.80. The average molecular weight is 308 g/mol. The molecular formula is C14H20N4O2S. The summed E-state index contributed by atoms with van der Waals surface area (Å²) >= 11 is 1.38. The minimum absolute atomic E-state index is 0.131. The Morgan fingerprint density at radius 3 is 3.10 bits per heavy atom. The van der Waals surface area contributed by atoms with Crippen LogP contribution in [0.15, 0.2) is 10.9 Å². The van der Waals surface area contributed by atoms with Crippen molar-refractivity contribution in [2.45, 2.75) is 45.1 Å². The maximum Gasteiger partial charge on any atom is 0.275 e. The SMILES string of the molecule is CCCc1cc(=O)n2nc(NCC3CCCC3O)sc2n1. The van der Waals surface area contributed by atoms with Crippen LogP contribution in [-0.2, 0) is 6.42 Å². The summed E-state index contributed by atoms with van der Waals surface area (Å²) < 4.78 is 1.34. The molecule has 0 radical (unpaired) electrons. The van der Waals surface area contributed by atoms with Crippen LogP contribution >= 0.6 is 11.3 Å². The number of rotatable bonds is 5. The van der Waals surface area contributed by atoms with Crippen molar-refractivity contribution in [1.29, 1.82) is 0 Å². The smallest absolute Gasteiger partial charge is 0.275 e. The molecule has 2 aromatic rings. The number of hydrogen-bond donors (Lipinski definition) is 2. The summed E-state index contributed by atoms with van der Waals surface area (Å²) in [6.45, 7) is 2.76. The zero-order valence-corrected chi connectivity index (χ0v) is 12.9. The van der Waals surface area contributed by atoms with Crippen LogP contribution in [0.2, 0.25) is 0 Å². The van der Waals surface area contributed by atoms with Gasteiger partial charge in [-0.2, -0.15) is 4.52 Å². The maximum absolute atomic E-state index is 12.0. The van der Waals surface area contributed by atoms with Crippen LogP contribution in [0.1, 0.15) is 38.3 Å². The van der Waals surface area contributed by atoms with Gasteiger partial charge in [0.15, 0.2) is 0 Å². The van der Waals surface area contributed by atoms with E-state index in [4.69, 9.17) is 0 Å². The van der Waals surface area contributed by atoms with Crippen molar-refractivity contribution in [3.8, 4) is 0 Å². The van der Waals surface area contributed by atoms with Gasteiger partial charge in [-0.15, -0.1) is 5.10 Å². The molecule has 1 aliphatic carbocycles. The molecule has 1 saturated carbocycles. The molecular weight excluding hydrogens is 288 g/mol. The lowest BCUT2D eigenvalue weighted by Crippen LogP contribution is -2.22. The predicted octanol–water partition coefficient (Wildman–Crippen LogP) is 1.68. The lowest BCUT2D eigenvalue weighted by molar-refractivity contribution is 0.138. The van der Waals surface area contributed by atoms with Crippen molar-refractivity contribution in [2.75, 3.05) is 11.9 Å². The Morgan fingerprint density at radius 2 is 2.38 bits per heavy atom. The summed E-state index contributed by atoms with van der Waals surface area (Å²) in [6, 6.07) is 1.56. The van der Waals surface area contributed by atoms with Crippen LogP contribution in [0.3, 0.4) is 0 Å². The molecule has 2 N–H and O–H groups in total. The Kier molecular flexibility index (Phi) is 4.21. The van der Waals surface area contributed by atoms with Crippen molar-refractivity contribution < 1.29 is 5.11 Å². The first-order chi connectivity index (χ1) is 10.2. The number of nitrogens with one attached hydrogen (secondary N) is 1. The Labute approximate surface area is 126 Å². The van der Waals surface area contributed by atoms with Crippen LogP contribution in [-0.4, -0.2) is 32.4 Å². The van der Waals surface area contributed by atoms with Crippen LogP contribution < -0.4 is 10.9 Å². The Balaban J connectivity index is 1.77. The van der Waals surface area contributed by atoms with Gasteiger partial charge in [-0.1, -0.05) is 31.1 Å². The van der Waals surface area contributed by atoms with E-state index in [0.29, 0.717) is 16.6 Å². The molecule has 3 rings (SSSR count). The molecule has 0 bridgehead atoms. The fraction of sp³-hybridized carbons (Fsp3) is 0.643. The van der Waals surface area contributed by atoms with Crippen LogP contribution in [0.5, 0.6) is 0 Å². The van der Waals surface area contributed by atoms with E-state index in [1.54, 1.807) is 6.07 Å². The highest BCUT2D eigenvalue weighted by Gasteiger charge is 2.25. The topological polar surface area (TPSA) is 79.5 Å². The fourth-order valence-electron chi connectivity index (χ4n) is 2.79. The second-order valence-corrected chi connectivity index (χ2v) is 6.53. The summed E-state index contributed by atoms with van der Waals surface area (Å²) in [5, 5.41) is 18.0. The van der Waals surface area contributed by atoms with Gasteiger partial charge in [0, 0.05) is 24.2 Å². The van der Waals surface area contributed by atoms with Crippen LogP contribution in [0.25, 0.3) is 4.96 Å². The molecule has 0 spiro atoms. The monoisotopic (exact) mass is 308 g/mol. The Bertz CT molecular complexity index is 681. The quantitative estimate of drug-likeness (QED) is 0.878. The highest BCUT2D eigenvalue weighted by molar-refractivity contribution is 7.20. The molecule has 2 heterocycles. The number of aliphatic hydroxyl groups excluding tert-OH is 1. The standard InChI is InChI=1S/C14H20N4O2S/c1-2-4-10-7-12(20)18-14(16-10)21-13(17-18)15-8-9-5-3-6-11(9)19/h7,9,11,19H,2-6,8H2,1H3,(H,15,17). The van der Waals surface area contributed by atoms with Crippen molar-refractivity contribution in [3.05, 3.63) is 22.1 Å². The third kappa shape index (κ3) is 3.08. The third-order valence-electron chi connectivity index (χ3n) is 3.94. The van der Waals surface area contributed by atoms with E-state index in [2.05, 4.69) is 22.3 Å². The fourth-order valence-corrected chi connectivity index (χ4v) is 3.62. The van der Waals surface area contributed by atoms with E-state index in [1.807, 2.05) is 0 Å². The van der Waals surface area contributed by atoms with E-state index in [9.17, 15) is 9.90 Å². The first-order valence-corrected chi connectivity index (χ1v) is 8.30. The molecule has 0 saturated heterocycles. The molecule has 0 aromatic carbocycles. The average Bonchev–Trinajstić information content (AvgIpc) is 3.03. The van der Waals surface area contributed by atoms with Gasteiger partial charge < -0.3 is 10.4 Å². The molecule has 1 fully saturated rings. The first-order valence-electron chi connectivity index (χ1n) is 7.49. The van der Waals surface area contributed by atoms with Crippen molar-refractivity contribution in [2.24, 2.45) is 5.92 Å². The van der Waals surface area contributed by atoms with E-state index >= 15 is 0 Å². The predicted molar refractivity (Wildman–Crippen MR) is 83.0 cm³/mol. The number of fused-ring (bicyclic) bond motifs is 1. The molecule has 0 amide bonds. The van der Waals surface area contributed by atoms with Gasteiger partial charge in [-0.3, -0.25) is 4.79 Å². The normalized spacial score (nSPS) is 22.0. The molecule has 2 atom stereocenters. The van der Waals surface area contributed by atoms with E-state index in [-0.39, 0.29) is 17.6 Å². The van der Waals surface area contributed by atoms with E-state index < -0.39 is 0 Å². The van der Waals surface area contributed by atoms with Crippen molar-refractivity contribution in [3.63, 3.8) is 0 Å². The zero-order chi connectivity index (χ0) is 14.8. The number of anilines is 1. The van der Waals surface area contributed by atoms with Crippen LogP contribution in [0, 0.1) is 5.92 Å². The van der Waals surface area contributed by atoms with Gasteiger partial charge in [0.05, 0.1) is 6.10 Å². The van der Waals surface area contributed by atoms with Crippen molar-refractivity contribution in [1.82, 2.24) is 14.6 Å².